The van der Waals surface area contributed by atoms with Gasteiger partial charge in [-0.15, -0.1) is 0 Å². The Hall–Kier alpha value is -2.24. The van der Waals surface area contributed by atoms with Crippen LogP contribution in [-0.2, 0) is 0 Å². The van der Waals surface area contributed by atoms with Gasteiger partial charge in [0.25, 0.3) is 0 Å². The second-order valence-electron chi connectivity index (χ2n) is 5.60. The number of amides is 2. The van der Waals surface area contributed by atoms with Crippen molar-refractivity contribution in [2.24, 2.45) is 0 Å². The quantitative estimate of drug-likeness (QED) is 0.836. The Balaban J connectivity index is 1.98. The van der Waals surface area contributed by atoms with Crippen molar-refractivity contribution >= 4 is 23.3 Å². The first-order valence-electron chi connectivity index (χ1n) is 7.60. The van der Waals surface area contributed by atoms with Gasteiger partial charge in [-0.3, -0.25) is 0 Å². The summed E-state index contributed by atoms with van der Waals surface area (Å²) in [4.78, 5) is 14.1. The van der Waals surface area contributed by atoms with Gasteiger partial charge in [0.2, 0.25) is 0 Å². The first-order chi connectivity index (χ1) is 11.5. The van der Waals surface area contributed by atoms with E-state index in [1.165, 1.54) is 0 Å². The van der Waals surface area contributed by atoms with Crippen LogP contribution in [0.25, 0.3) is 0 Å². The lowest BCUT2D eigenvalue weighted by Crippen LogP contribution is -2.36. The van der Waals surface area contributed by atoms with E-state index in [4.69, 9.17) is 16.3 Å². The number of carbonyl (C=O) groups is 1. The van der Waals surface area contributed by atoms with Gasteiger partial charge in [-0.25, -0.2) is 4.79 Å². The van der Waals surface area contributed by atoms with Crippen LogP contribution in [0.3, 0.4) is 0 Å². The fourth-order valence-corrected chi connectivity index (χ4v) is 2.47. The zero-order valence-electron chi connectivity index (χ0n) is 14.0. The van der Waals surface area contributed by atoms with Crippen molar-refractivity contribution in [3.63, 3.8) is 0 Å². The number of hydrogen-bond donors (Lipinski definition) is 2. The second-order valence-corrected chi connectivity index (χ2v) is 6.03. The molecule has 2 amide bonds. The molecule has 0 heterocycles. The Kier molecular flexibility index (Phi) is 6.46. The minimum Gasteiger partial charge on any atom is -0.497 e. The van der Waals surface area contributed by atoms with Crippen LogP contribution in [-0.4, -0.2) is 38.7 Å². The number of methoxy groups -OCH3 is 1. The van der Waals surface area contributed by atoms with Gasteiger partial charge in [-0.1, -0.05) is 23.7 Å². The molecular weight excluding hydrogens is 326 g/mol. The topological polar surface area (TPSA) is 53.6 Å². The van der Waals surface area contributed by atoms with Gasteiger partial charge in [-0.2, -0.15) is 0 Å². The highest BCUT2D eigenvalue weighted by molar-refractivity contribution is 6.30. The first-order valence-corrected chi connectivity index (χ1v) is 7.98. The standard InChI is InChI=1S/C18H22ClN3O2/c1-22(2)17(13-5-4-6-16(11-13)24-3)12-20-18(23)21-15-9-7-14(19)8-10-15/h4-11,17H,12H2,1-3H3,(H2,20,21,23). The van der Waals surface area contributed by atoms with Crippen LogP contribution < -0.4 is 15.4 Å². The van der Waals surface area contributed by atoms with Crippen LogP contribution in [0.2, 0.25) is 5.02 Å². The lowest BCUT2D eigenvalue weighted by molar-refractivity contribution is 0.243. The van der Waals surface area contributed by atoms with E-state index in [9.17, 15) is 4.79 Å². The molecule has 6 heteroatoms. The zero-order valence-corrected chi connectivity index (χ0v) is 14.8. The lowest BCUT2D eigenvalue weighted by atomic mass is 10.1. The van der Waals surface area contributed by atoms with E-state index in [1.54, 1.807) is 31.4 Å². The van der Waals surface area contributed by atoms with E-state index in [1.807, 2.05) is 38.4 Å². The van der Waals surface area contributed by atoms with E-state index in [2.05, 4.69) is 15.5 Å². The van der Waals surface area contributed by atoms with Gasteiger partial charge in [-0.05, 0) is 56.1 Å². The van der Waals surface area contributed by atoms with Crippen molar-refractivity contribution < 1.29 is 9.53 Å². The molecule has 2 N–H and O–H groups in total. The molecule has 0 radical (unpaired) electrons. The monoisotopic (exact) mass is 347 g/mol. The fraction of sp³-hybridized carbons (Fsp3) is 0.278. The summed E-state index contributed by atoms with van der Waals surface area (Å²) in [6.45, 7) is 0.472. The number of carbonyl (C=O) groups excluding carboxylic acids is 1. The van der Waals surface area contributed by atoms with Gasteiger partial charge in [0.05, 0.1) is 13.2 Å². The number of nitrogens with zero attached hydrogens (tertiary/aromatic N) is 1. The summed E-state index contributed by atoms with van der Waals surface area (Å²) < 4.78 is 5.27. The summed E-state index contributed by atoms with van der Waals surface area (Å²) in [5, 5.41) is 6.31. The predicted molar refractivity (Wildman–Crippen MR) is 97.9 cm³/mol. The Labute approximate surface area is 147 Å². The lowest BCUT2D eigenvalue weighted by Gasteiger charge is -2.25. The minimum atomic E-state index is -0.257. The summed E-state index contributed by atoms with van der Waals surface area (Å²) in [6, 6.07) is 14.6. The van der Waals surface area contributed by atoms with Crippen molar-refractivity contribution in [2.75, 3.05) is 33.1 Å². The smallest absolute Gasteiger partial charge is 0.319 e. The van der Waals surface area contributed by atoms with Crippen molar-refractivity contribution in [2.45, 2.75) is 6.04 Å². The number of likely N-dealkylation sites (N-methyl/N-ethyl adjacent to an activating group) is 1. The SMILES string of the molecule is COc1cccc(C(CNC(=O)Nc2ccc(Cl)cc2)N(C)C)c1. The van der Waals surface area contributed by atoms with Crippen molar-refractivity contribution in [1.29, 1.82) is 0 Å². The highest BCUT2D eigenvalue weighted by atomic mass is 35.5. The third-order valence-electron chi connectivity index (χ3n) is 3.66. The molecule has 2 rings (SSSR count). The molecule has 2 aromatic rings. The highest BCUT2D eigenvalue weighted by Gasteiger charge is 2.16. The summed E-state index contributed by atoms with van der Waals surface area (Å²) in [7, 11) is 5.59. The molecule has 0 aliphatic heterocycles. The molecule has 0 saturated carbocycles. The number of rotatable bonds is 6. The molecule has 24 heavy (non-hydrogen) atoms. The maximum atomic E-state index is 12.1. The Morgan fingerprint density at radius 2 is 1.92 bits per heavy atom. The third-order valence-corrected chi connectivity index (χ3v) is 3.91. The van der Waals surface area contributed by atoms with E-state index >= 15 is 0 Å². The molecule has 0 aromatic heterocycles. The normalized spacial score (nSPS) is 11.9. The fourth-order valence-electron chi connectivity index (χ4n) is 2.35. The maximum Gasteiger partial charge on any atom is 0.319 e. The molecular formula is C18H22ClN3O2. The zero-order chi connectivity index (χ0) is 17.5. The van der Waals surface area contributed by atoms with Gasteiger partial charge in [0.1, 0.15) is 5.75 Å². The van der Waals surface area contributed by atoms with Crippen molar-refractivity contribution in [1.82, 2.24) is 10.2 Å². The predicted octanol–water partition coefficient (Wildman–Crippen LogP) is 3.77. The average molecular weight is 348 g/mol. The number of halogens is 1. The largest absolute Gasteiger partial charge is 0.497 e. The maximum absolute atomic E-state index is 12.1. The average Bonchev–Trinajstić information content (AvgIpc) is 2.57. The molecule has 0 saturated heterocycles. The van der Waals surface area contributed by atoms with Crippen molar-refractivity contribution in [3.8, 4) is 5.75 Å². The summed E-state index contributed by atoms with van der Waals surface area (Å²) in [5.41, 5.74) is 1.77. The van der Waals surface area contributed by atoms with Crippen LogP contribution in [0.4, 0.5) is 10.5 Å². The summed E-state index contributed by atoms with van der Waals surface area (Å²) in [5.74, 6) is 0.796. The molecule has 1 atom stereocenters. The molecule has 0 bridgehead atoms. The van der Waals surface area contributed by atoms with E-state index in [0.29, 0.717) is 17.3 Å². The number of ether oxygens (including phenoxy) is 1. The number of hydrogen-bond acceptors (Lipinski definition) is 3. The van der Waals surface area contributed by atoms with Crippen LogP contribution >= 0.6 is 11.6 Å². The molecule has 1 unspecified atom stereocenters. The molecule has 128 valence electrons. The Morgan fingerprint density at radius 1 is 1.21 bits per heavy atom. The van der Waals surface area contributed by atoms with E-state index in [-0.39, 0.29) is 12.1 Å². The van der Waals surface area contributed by atoms with Crippen LogP contribution in [0, 0.1) is 0 Å². The molecule has 2 aromatic carbocycles. The van der Waals surface area contributed by atoms with Gasteiger partial charge < -0.3 is 20.3 Å². The molecule has 0 aliphatic carbocycles. The first kappa shape index (κ1) is 18.1. The number of benzene rings is 2. The molecule has 0 fully saturated rings. The van der Waals surface area contributed by atoms with Crippen molar-refractivity contribution in [3.05, 3.63) is 59.1 Å². The second kappa shape index (κ2) is 8.57. The van der Waals surface area contributed by atoms with Gasteiger partial charge >= 0.3 is 6.03 Å². The summed E-state index contributed by atoms with van der Waals surface area (Å²) in [6.07, 6.45) is 0. The summed E-state index contributed by atoms with van der Waals surface area (Å²) >= 11 is 5.83. The van der Waals surface area contributed by atoms with E-state index in [0.717, 1.165) is 11.3 Å². The van der Waals surface area contributed by atoms with Gasteiger partial charge in [0.15, 0.2) is 0 Å². The van der Waals surface area contributed by atoms with Gasteiger partial charge in [0, 0.05) is 17.3 Å². The minimum absolute atomic E-state index is 0.0380. The van der Waals surface area contributed by atoms with Crippen LogP contribution in [0.1, 0.15) is 11.6 Å². The molecule has 5 nitrogen and oxygen atoms in total. The molecule has 0 aliphatic rings. The number of urea groups is 1. The Morgan fingerprint density at radius 3 is 2.54 bits per heavy atom. The molecule has 0 spiro atoms. The van der Waals surface area contributed by atoms with Crippen LogP contribution in [0.15, 0.2) is 48.5 Å². The highest BCUT2D eigenvalue weighted by Crippen LogP contribution is 2.22. The third kappa shape index (κ3) is 5.15. The number of nitrogens with one attached hydrogen (secondary N) is 2. The Bertz CT molecular complexity index is 674. The van der Waals surface area contributed by atoms with E-state index < -0.39 is 0 Å². The number of anilines is 1. The van der Waals surface area contributed by atoms with Crippen LogP contribution in [0.5, 0.6) is 5.75 Å².